The van der Waals surface area contributed by atoms with E-state index >= 15 is 0 Å². The second kappa shape index (κ2) is 4.70. The number of rotatable bonds is 3. The van der Waals surface area contributed by atoms with E-state index in [4.69, 9.17) is 0 Å². The first-order valence-corrected chi connectivity index (χ1v) is 5.77. The van der Waals surface area contributed by atoms with Gasteiger partial charge >= 0.3 is 0 Å². The van der Waals surface area contributed by atoms with Gasteiger partial charge in [-0.25, -0.2) is 4.39 Å². The van der Waals surface area contributed by atoms with Crippen LogP contribution < -0.4 is 5.32 Å². The van der Waals surface area contributed by atoms with E-state index in [0.29, 0.717) is 11.0 Å². The van der Waals surface area contributed by atoms with Gasteiger partial charge in [0.25, 0.3) is 0 Å². The first-order chi connectivity index (χ1) is 7.66. The monoisotopic (exact) mass is 282 g/mol. The maximum absolute atomic E-state index is 13.3. The highest BCUT2D eigenvalue weighted by molar-refractivity contribution is 9.10. The smallest absolute Gasteiger partial charge is 0.139 e. The quantitative estimate of drug-likeness (QED) is 0.880. The van der Waals surface area contributed by atoms with Gasteiger partial charge in [0, 0.05) is 24.6 Å². The van der Waals surface area contributed by atoms with Crippen molar-refractivity contribution in [2.45, 2.75) is 13.5 Å². The summed E-state index contributed by atoms with van der Waals surface area (Å²) in [6.07, 6.45) is 3.78. The Bertz CT molecular complexity index is 480. The molecule has 0 unspecified atom stereocenters. The van der Waals surface area contributed by atoms with Gasteiger partial charge in [-0.1, -0.05) is 0 Å². The normalized spacial score (nSPS) is 10.4. The number of aryl methyl sites for hydroxylation is 1. The van der Waals surface area contributed by atoms with E-state index in [2.05, 4.69) is 26.2 Å². The van der Waals surface area contributed by atoms with Gasteiger partial charge in [-0.05, 0) is 52.2 Å². The van der Waals surface area contributed by atoms with Gasteiger partial charge in [0.2, 0.25) is 0 Å². The van der Waals surface area contributed by atoms with Crippen molar-refractivity contribution in [1.29, 1.82) is 0 Å². The summed E-state index contributed by atoms with van der Waals surface area (Å²) in [6, 6.07) is 5.26. The Labute approximate surface area is 102 Å². The van der Waals surface area contributed by atoms with Crippen LogP contribution >= 0.6 is 15.9 Å². The molecular formula is C12H12BrFN2. The summed E-state index contributed by atoms with van der Waals surface area (Å²) >= 11 is 3.16. The molecule has 0 aliphatic rings. The van der Waals surface area contributed by atoms with Crippen molar-refractivity contribution in [3.63, 3.8) is 0 Å². The molecule has 84 valence electrons. The first-order valence-electron chi connectivity index (χ1n) is 4.98. The van der Waals surface area contributed by atoms with E-state index in [1.165, 1.54) is 6.07 Å². The molecule has 0 amide bonds. The maximum atomic E-state index is 13.3. The second-order valence-electron chi connectivity index (χ2n) is 3.65. The summed E-state index contributed by atoms with van der Waals surface area (Å²) in [5.74, 6) is -0.248. The van der Waals surface area contributed by atoms with Crippen LogP contribution in [0.2, 0.25) is 0 Å². The van der Waals surface area contributed by atoms with Crippen molar-refractivity contribution in [3.8, 4) is 0 Å². The van der Waals surface area contributed by atoms with Crippen LogP contribution in [0.5, 0.6) is 0 Å². The molecule has 0 aliphatic carbocycles. The zero-order chi connectivity index (χ0) is 11.5. The van der Waals surface area contributed by atoms with Gasteiger partial charge in [0.05, 0.1) is 4.47 Å². The molecule has 0 fully saturated rings. The van der Waals surface area contributed by atoms with Crippen molar-refractivity contribution in [2.75, 3.05) is 5.32 Å². The average Bonchev–Trinajstić information content (AvgIpc) is 2.74. The minimum absolute atomic E-state index is 0.248. The molecule has 2 nitrogen and oxygen atoms in total. The fourth-order valence-corrected chi connectivity index (χ4v) is 1.96. The minimum Gasteiger partial charge on any atom is -0.381 e. The molecule has 2 N–H and O–H groups in total. The Morgan fingerprint density at radius 2 is 2.25 bits per heavy atom. The van der Waals surface area contributed by atoms with E-state index < -0.39 is 0 Å². The Balaban J connectivity index is 2.12. The highest BCUT2D eigenvalue weighted by Crippen LogP contribution is 2.24. The highest BCUT2D eigenvalue weighted by Gasteiger charge is 2.04. The number of hydrogen-bond acceptors (Lipinski definition) is 1. The van der Waals surface area contributed by atoms with Crippen LogP contribution in [-0.4, -0.2) is 4.98 Å². The topological polar surface area (TPSA) is 27.8 Å². The van der Waals surface area contributed by atoms with E-state index in [0.717, 1.165) is 16.8 Å². The summed E-state index contributed by atoms with van der Waals surface area (Å²) in [6.45, 7) is 2.63. The fraction of sp³-hybridized carbons (Fsp3) is 0.167. The second-order valence-corrected chi connectivity index (χ2v) is 4.51. The van der Waals surface area contributed by atoms with Crippen molar-refractivity contribution in [1.82, 2.24) is 4.98 Å². The van der Waals surface area contributed by atoms with Crippen LogP contribution in [0.25, 0.3) is 0 Å². The van der Waals surface area contributed by atoms with Crippen molar-refractivity contribution in [3.05, 3.63) is 52.0 Å². The van der Waals surface area contributed by atoms with Crippen molar-refractivity contribution >= 4 is 21.6 Å². The lowest BCUT2D eigenvalue weighted by Gasteiger charge is -2.09. The summed E-state index contributed by atoms with van der Waals surface area (Å²) in [7, 11) is 0. The molecule has 16 heavy (non-hydrogen) atoms. The van der Waals surface area contributed by atoms with E-state index in [1.54, 1.807) is 6.07 Å². The number of aromatic amines is 1. The van der Waals surface area contributed by atoms with E-state index in [-0.39, 0.29) is 5.82 Å². The van der Waals surface area contributed by atoms with Crippen molar-refractivity contribution < 1.29 is 4.39 Å². The summed E-state index contributed by atoms with van der Waals surface area (Å²) in [5, 5.41) is 3.20. The molecule has 4 heteroatoms. The predicted molar refractivity (Wildman–Crippen MR) is 67.0 cm³/mol. The lowest BCUT2D eigenvalue weighted by Crippen LogP contribution is -2.00. The summed E-state index contributed by atoms with van der Waals surface area (Å²) in [4.78, 5) is 2.98. The highest BCUT2D eigenvalue weighted by atomic mass is 79.9. The number of anilines is 1. The third kappa shape index (κ3) is 2.44. The largest absolute Gasteiger partial charge is 0.381 e. The van der Waals surface area contributed by atoms with Crippen molar-refractivity contribution in [2.24, 2.45) is 0 Å². The third-order valence-corrected chi connectivity index (χ3v) is 3.02. The molecule has 0 bridgehead atoms. The van der Waals surface area contributed by atoms with Gasteiger partial charge in [-0.2, -0.15) is 0 Å². The van der Waals surface area contributed by atoms with Gasteiger partial charge in [0.15, 0.2) is 0 Å². The summed E-state index contributed by atoms with van der Waals surface area (Å²) in [5.41, 5.74) is 2.98. The standard InChI is InChI=1S/C12H12BrFN2/c1-8-4-10(13)11(14)5-12(8)16-7-9-2-3-15-6-9/h2-6,15-16H,7H2,1H3. The number of aromatic nitrogens is 1. The zero-order valence-electron chi connectivity index (χ0n) is 8.85. The lowest BCUT2D eigenvalue weighted by atomic mass is 10.2. The number of H-pyrrole nitrogens is 1. The zero-order valence-corrected chi connectivity index (χ0v) is 10.4. The molecule has 0 aliphatic heterocycles. The molecule has 0 saturated carbocycles. The molecule has 1 heterocycles. The SMILES string of the molecule is Cc1cc(Br)c(F)cc1NCc1cc[nH]c1. The van der Waals surface area contributed by atoms with E-state index in [9.17, 15) is 4.39 Å². The van der Waals surface area contributed by atoms with Crippen LogP contribution in [0.15, 0.2) is 35.1 Å². The molecule has 0 spiro atoms. The Kier molecular flexibility index (Phi) is 3.29. The van der Waals surface area contributed by atoms with Crippen LogP contribution in [-0.2, 0) is 6.54 Å². The van der Waals surface area contributed by atoms with Crippen LogP contribution in [0.3, 0.4) is 0 Å². The lowest BCUT2D eigenvalue weighted by molar-refractivity contribution is 0.621. The molecule has 1 aromatic carbocycles. The average molecular weight is 283 g/mol. The van der Waals surface area contributed by atoms with Gasteiger partial charge < -0.3 is 10.3 Å². The Hall–Kier alpha value is -1.29. The molecule has 2 aromatic rings. The number of benzene rings is 1. The summed E-state index contributed by atoms with van der Waals surface area (Å²) < 4.78 is 13.8. The van der Waals surface area contributed by atoms with Crippen LogP contribution in [0.4, 0.5) is 10.1 Å². The third-order valence-electron chi connectivity index (χ3n) is 2.41. The molecule has 0 atom stereocenters. The predicted octanol–water partition coefficient (Wildman–Crippen LogP) is 3.84. The molecule has 0 radical (unpaired) electrons. The Morgan fingerprint density at radius 1 is 1.44 bits per heavy atom. The van der Waals surface area contributed by atoms with Crippen LogP contribution in [0, 0.1) is 12.7 Å². The molecule has 2 rings (SSSR count). The van der Waals surface area contributed by atoms with E-state index in [1.807, 2.05) is 25.4 Å². The number of hydrogen-bond donors (Lipinski definition) is 2. The van der Waals surface area contributed by atoms with Gasteiger partial charge in [0.1, 0.15) is 5.82 Å². The van der Waals surface area contributed by atoms with Gasteiger partial charge in [-0.15, -0.1) is 0 Å². The Morgan fingerprint density at radius 3 is 2.94 bits per heavy atom. The number of halogens is 2. The molecule has 1 aromatic heterocycles. The molecular weight excluding hydrogens is 271 g/mol. The molecule has 0 saturated heterocycles. The number of nitrogens with one attached hydrogen (secondary N) is 2. The fourth-order valence-electron chi connectivity index (χ4n) is 1.50. The minimum atomic E-state index is -0.248. The first kappa shape index (κ1) is 11.2. The van der Waals surface area contributed by atoms with Crippen LogP contribution in [0.1, 0.15) is 11.1 Å². The van der Waals surface area contributed by atoms with Gasteiger partial charge in [-0.3, -0.25) is 0 Å². The maximum Gasteiger partial charge on any atom is 0.139 e.